The summed E-state index contributed by atoms with van der Waals surface area (Å²) in [6.45, 7) is 12.5. The van der Waals surface area contributed by atoms with Crippen LogP contribution >= 0.6 is 0 Å². The van der Waals surface area contributed by atoms with Crippen LogP contribution in [0, 0.1) is 0 Å². The first-order valence-corrected chi connectivity index (χ1v) is 7.14. The molecule has 2 heteroatoms. The summed E-state index contributed by atoms with van der Waals surface area (Å²) >= 11 is 0. The van der Waals surface area contributed by atoms with E-state index in [-0.39, 0.29) is 0 Å². The third-order valence-electron chi connectivity index (χ3n) is 4.06. The summed E-state index contributed by atoms with van der Waals surface area (Å²) in [6, 6.07) is 0. The molecule has 0 saturated heterocycles. The van der Waals surface area contributed by atoms with Crippen LogP contribution < -0.4 is 11.5 Å². The van der Waals surface area contributed by atoms with Crippen LogP contribution in [0.25, 0.3) is 0 Å². The Bertz CT molecular complexity index is 551. The molecule has 0 radical (unpaired) electrons. The summed E-state index contributed by atoms with van der Waals surface area (Å²) in [7, 11) is 0. The lowest BCUT2D eigenvalue weighted by molar-refractivity contribution is 0.619. The molecule has 4 N–H and O–H groups in total. The Morgan fingerprint density at radius 1 is 0.700 bits per heavy atom. The Balaban J connectivity index is 2.75. The van der Waals surface area contributed by atoms with Crippen molar-refractivity contribution in [3.8, 4) is 0 Å². The van der Waals surface area contributed by atoms with Gasteiger partial charge in [-0.1, -0.05) is 35.5 Å². The van der Waals surface area contributed by atoms with Gasteiger partial charge in [0.05, 0.1) is 11.1 Å². The molecule has 2 atom stereocenters. The Hall–Kier alpha value is -1.38. The molecule has 0 heterocycles. The van der Waals surface area contributed by atoms with Gasteiger partial charge in [0.15, 0.2) is 0 Å². The van der Waals surface area contributed by atoms with Crippen LogP contribution in [0.1, 0.15) is 41.5 Å². The molecule has 20 heavy (non-hydrogen) atoms. The number of nitrogens with two attached hydrogens (primary N) is 2. The van der Waals surface area contributed by atoms with Crippen LogP contribution in [0.2, 0.25) is 0 Å². The van der Waals surface area contributed by atoms with Gasteiger partial charge < -0.3 is 11.5 Å². The van der Waals surface area contributed by atoms with E-state index < -0.39 is 11.1 Å². The monoisotopic (exact) mass is 270 g/mol. The molecule has 0 aliphatic heterocycles. The van der Waals surface area contributed by atoms with Gasteiger partial charge in [0.1, 0.15) is 0 Å². The average Bonchev–Trinajstić information content (AvgIpc) is 2.18. The first kappa shape index (κ1) is 15.0. The minimum atomic E-state index is -0.479. The molecule has 2 rings (SSSR count). The van der Waals surface area contributed by atoms with Crippen molar-refractivity contribution in [2.75, 3.05) is 0 Å². The Labute approximate surface area is 122 Å². The lowest BCUT2D eigenvalue weighted by Crippen LogP contribution is -2.46. The fourth-order valence-electron chi connectivity index (χ4n) is 3.78. The third kappa shape index (κ3) is 2.46. The molecule has 0 spiro atoms. The highest BCUT2D eigenvalue weighted by Gasteiger charge is 2.36. The fraction of sp³-hybridized carbons (Fsp3) is 0.444. The van der Waals surface area contributed by atoms with E-state index >= 15 is 0 Å². The van der Waals surface area contributed by atoms with Crippen molar-refractivity contribution in [1.82, 2.24) is 0 Å². The lowest BCUT2D eigenvalue weighted by atomic mass is 9.70. The molecule has 2 nitrogen and oxygen atoms in total. The molecule has 0 aromatic carbocycles. The molecule has 0 amide bonds. The van der Waals surface area contributed by atoms with Crippen molar-refractivity contribution in [1.29, 1.82) is 0 Å². The van der Waals surface area contributed by atoms with Crippen LogP contribution in [0.3, 0.4) is 0 Å². The lowest BCUT2D eigenvalue weighted by Gasteiger charge is -2.39. The number of allylic oxidation sites excluding steroid dienone is 4. The Kier molecular flexibility index (Phi) is 3.43. The van der Waals surface area contributed by atoms with Crippen LogP contribution in [-0.4, -0.2) is 11.1 Å². The van der Waals surface area contributed by atoms with Crippen molar-refractivity contribution < 1.29 is 0 Å². The quantitative estimate of drug-likeness (QED) is 0.707. The highest BCUT2D eigenvalue weighted by molar-refractivity contribution is 5.62. The van der Waals surface area contributed by atoms with Crippen molar-refractivity contribution in [2.45, 2.75) is 52.6 Å². The van der Waals surface area contributed by atoms with E-state index in [2.05, 4.69) is 65.8 Å². The largest absolute Gasteiger partial charge is 0.318 e. The van der Waals surface area contributed by atoms with E-state index in [4.69, 9.17) is 11.5 Å². The number of hydrogen-bond donors (Lipinski definition) is 2. The molecule has 0 fully saturated rings. The van der Waals surface area contributed by atoms with E-state index in [1.165, 1.54) is 22.3 Å². The van der Waals surface area contributed by atoms with Crippen LogP contribution in [-0.2, 0) is 0 Å². The zero-order valence-electron chi connectivity index (χ0n) is 13.5. The first-order chi connectivity index (χ1) is 9.04. The van der Waals surface area contributed by atoms with Gasteiger partial charge >= 0.3 is 0 Å². The maximum absolute atomic E-state index is 6.57. The summed E-state index contributed by atoms with van der Waals surface area (Å²) in [5.41, 5.74) is 19.3. The summed E-state index contributed by atoms with van der Waals surface area (Å²) in [5, 5.41) is 0. The fourth-order valence-corrected chi connectivity index (χ4v) is 3.78. The predicted octanol–water partition coefficient (Wildman–Crippen LogP) is 3.53. The molecular formula is C18H26N2. The van der Waals surface area contributed by atoms with Crippen molar-refractivity contribution >= 4 is 0 Å². The van der Waals surface area contributed by atoms with Gasteiger partial charge in [-0.15, -0.1) is 0 Å². The van der Waals surface area contributed by atoms with Gasteiger partial charge in [-0.05, 0) is 63.8 Å². The first-order valence-electron chi connectivity index (χ1n) is 7.14. The van der Waals surface area contributed by atoms with Crippen LogP contribution in [0.5, 0.6) is 0 Å². The summed E-state index contributed by atoms with van der Waals surface area (Å²) in [5.74, 6) is 0. The average molecular weight is 270 g/mol. The molecule has 2 unspecified atom stereocenters. The van der Waals surface area contributed by atoms with Gasteiger partial charge in [0.25, 0.3) is 0 Å². The van der Waals surface area contributed by atoms with Gasteiger partial charge in [-0.3, -0.25) is 0 Å². The molecule has 108 valence electrons. The van der Waals surface area contributed by atoms with E-state index in [1.807, 2.05) is 0 Å². The summed E-state index contributed by atoms with van der Waals surface area (Å²) < 4.78 is 0. The minimum absolute atomic E-state index is 0.479. The molecule has 2 aliphatic rings. The standard InChI is InChI=1S/C18H26N2/c1-11-7-13(3)15(17(5,19)9-11)16-14(4)8-12(2)10-18(16,6)20/h7-10H,19-20H2,1-6H3. The van der Waals surface area contributed by atoms with E-state index in [0.29, 0.717) is 0 Å². The van der Waals surface area contributed by atoms with Crippen LogP contribution in [0.4, 0.5) is 0 Å². The van der Waals surface area contributed by atoms with Gasteiger partial charge in [-0.25, -0.2) is 0 Å². The topological polar surface area (TPSA) is 52.0 Å². The smallest absolute Gasteiger partial charge is 0.0578 e. The predicted molar refractivity (Wildman–Crippen MR) is 87.2 cm³/mol. The Morgan fingerprint density at radius 3 is 1.25 bits per heavy atom. The molecule has 0 aromatic rings. The zero-order valence-corrected chi connectivity index (χ0v) is 13.5. The van der Waals surface area contributed by atoms with E-state index in [0.717, 1.165) is 11.1 Å². The molecule has 0 aromatic heterocycles. The van der Waals surface area contributed by atoms with Crippen molar-refractivity contribution in [3.05, 3.63) is 57.7 Å². The highest BCUT2D eigenvalue weighted by atomic mass is 14.8. The second-order valence-corrected chi connectivity index (χ2v) is 6.75. The highest BCUT2D eigenvalue weighted by Crippen LogP contribution is 2.40. The number of rotatable bonds is 0. The van der Waals surface area contributed by atoms with Gasteiger partial charge in [0, 0.05) is 0 Å². The molecule has 0 bridgehead atoms. The van der Waals surface area contributed by atoms with Crippen molar-refractivity contribution in [3.63, 3.8) is 0 Å². The SMILES string of the molecule is CC1=CC(C)(N)C(=C2C(C)=CC(C)=CC2(C)N)C(C)=C1. The van der Waals surface area contributed by atoms with Crippen molar-refractivity contribution in [2.24, 2.45) is 11.5 Å². The van der Waals surface area contributed by atoms with Gasteiger partial charge in [-0.2, -0.15) is 0 Å². The maximum Gasteiger partial charge on any atom is 0.0578 e. The van der Waals surface area contributed by atoms with E-state index in [1.54, 1.807) is 0 Å². The van der Waals surface area contributed by atoms with Crippen LogP contribution in [0.15, 0.2) is 57.7 Å². The third-order valence-corrected chi connectivity index (χ3v) is 4.06. The number of hydrogen-bond acceptors (Lipinski definition) is 2. The summed E-state index contributed by atoms with van der Waals surface area (Å²) in [6.07, 6.45) is 8.62. The minimum Gasteiger partial charge on any atom is -0.318 e. The van der Waals surface area contributed by atoms with E-state index in [9.17, 15) is 0 Å². The van der Waals surface area contributed by atoms with Gasteiger partial charge in [0.2, 0.25) is 0 Å². The zero-order chi connectivity index (χ0) is 15.3. The molecular weight excluding hydrogens is 244 g/mol. The second kappa shape index (κ2) is 4.57. The molecule has 0 saturated carbocycles. The maximum atomic E-state index is 6.57. The molecule has 2 aliphatic carbocycles. The Morgan fingerprint density at radius 2 is 1.00 bits per heavy atom. The normalized spacial score (nSPS) is 38.0. The second-order valence-electron chi connectivity index (χ2n) is 6.75. The summed E-state index contributed by atoms with van der Waals surface area (Å²) in [4.78, 5) is 0.